The Balaban J connectivity index is 2.94. The van der Waals surface area contributed by atoms with Crippen LogP contribution in [0.15, 0.2) is 0 Å². The van der Waals surface area contributed by atoms with Crippen LogP contribution in [-0.4, -0.2) is 48.3 Å². The Morgan fingerprint density at radius 3 is 2.50 bits per heavy atom. The Morgan fingerprint density at radius 2 is 2.00 bits per heavy atom. The molecule has 0 aromatic heterocycles. The predicted octanol–water partition coefficient (Wildman–Crippen LogP) is -0.155. The van der Waals surface area contributed by atoms with Crippen LogP contribution in [0, 0.1) is 0 Å². The first-order valence-corrected chi connectivity index (χ1v) is 7.07. The summed E-state index contributed by atoms with van der Waals surface area (Å²) in [6.45, 7) is 5.73. The molecule has 7 heteroatoms. The summed E-state index contributed by atoms with van der Waals surface area (Å²) in [5, 5.41) is 2.03. The zero-order chi connectivity index (χ0) is 12.6. The van der Waals surface area contributed by atoms with Crippen molar-refractivity contribution in [2.24, 2.45) is 0 Å². The number of carbonyl (C=O) groups excluding carboxylic acids is 1. The monoisotopic (exact) mass is 266 g/mol. The maximum Gasteiger partial charge on any atom is 0.234 e. The molecule has 1 fully saturated rings. The summed E-state index contributed by atoms with van der Waals surface area (Å²) < 4.78 is 24.8. The second kappa shape index (κ2) is 4.54. The van der Waals surface area contributed by atoms with Crippen molar-refractivity contribution in [3.63, 3.8) is 0 Å². The molecule has 1 N–H and O–H groups in total. The molecule has 0 radical (unpaired) electrons. The molecule has 1 saturated heterocycles. The molecule has 1 aliphatic rings. The highest BCUT2D eigenvalue weighted by Gasteiger charge is 2.37. The first-order chi connectivity index (χ1) is 7.16. The first-order valence-electron chi connectivity index (χ1n) is 5.12. The number of carbonyl (C=O) groups is 1. The highest BCUT2D eigenvalue weighted by atomic mass is 32.2. The number of nitrogens with one attached hydrogen (secondary N) is 1. The Hall–Kier alpha value is -0.270. The molecule has 1 unspecified atom stereocenters. The van der Waals surface area contributed by atoms with Gasteiger partial charge in [0.2, 0.25) is 15.9 Å². The maximum atomic E-state index is 12.2. The number of nitrogens with zero attached hydrogens (tertiary/aromatic N) is 1. The van der Waals surface area contributed by atoms with Crippen LogP contribution in [0.25, 0.3) is 0 Å². The van der Waals surface area contributed by atoms with Gasteiger partial charge in [0.25, 0.3) is 0 Å². The number of rotatable bonds is 1. The number of thiol groups is 1. The predicted molar refractivity (Wildman–Crippen MR) is 66.0 cm³/mol. The minimum Gasteiger partial charge on any atom is -0.354 e. The summed E-state index contributed by atoms with van der Waals surface area (Å²) in [5.74, 6) is -0.213. The van der Waals surface area contributed by atoms with Gasteiger partial charge >= 0.3 is 0 Å². The summed E-state index contributed by atoms with van der Waals surface area (Å²) >= 11 is 4.09. The van der Waals surface area contributed by atoms with Crippen LogP contribution >= 0.6 is 12.6 Å². The van der Waals surface area contributed by atoms with E-state index in [2.05, 4.69) is 17.9 Å². The van der Waals surface area contributed by atoms with Gasteiger partial charge in [0.1, 0.15) is 0 Å². The third-order valence-electron chi connectivity index (χ3n) is 2.45. The van der Waals surface area contributed by atoms with Crippen LogP contribution in [0.1, 0.15) is 20.8 Å². The van der Waals surface area contributed by atoms with E-state index in [-0.39, 0.29) is 12.5 Å². The Morgan fingerprint density at radius 1 is 1.44 bits per heavy atom. The lowest BCUT2D eigenvalue weighted by Gasteiger charge is -2.29. The summed E-state index contributed by atoms with van der Waals surface area (Å²) in [7, 11) is -3.39. The molecule has 1 amide bonds. The minimum absolute atomic E-state index is 0.133. The van der Waals surface area contributed by atoms with Gasteiger partial charge in [-0.25, -0.2) is 8.42 Å². The summed E-state index contributed by atoms with van der Waals surface area (Å²) in [5.41, 5.74) is 0. The second-order valence-corrected chi connectivity index (χ2v) is 8.10. The molecule has 0 spiro atoms. The van der Waals surface area contributed by atoms with Gasteiger partial charge in [-0.1, -0.05) is 0 Å². The van der Waals surface area contributed by atoms with Crippen molar-refractivity contribution in [1.82, 2.24) is 9.62 Å². The van der Waals surface area contributed by atoms with Crippen molar-refractivity contribution in [1.29, 1.82) is 0 Å². The summed E-state index contributed by atoms with van der Waals surface area (Å²) in [4.78, 5) is 11.3. The molecule has 1 rings (SSSR count). The first kappa shape index (κ1) is 13.8. The molecule has 0 saturated carbocycles. The highest BCUT2D eigenvalue weighted by Crippen LogP contribution is 2.21. The van der Waals surface area contributed by atoms with Crippen LogP contribution in [0.5, 0.6) is 0 Å². The Labute approximate surface area is 102 Å². The lowest BCUT2D eigenvalue weighted by atomic mass is 10.3. The van der Waals surface area contributed by atoms with Crippen molar-refractivity contribution in [3.05, 3.63) is 0 Å². The molecular weight excluding hydrogens is 248 g/mol. The molecular formula is C9H18N2O3S2. The van der Waals surface area contributed by atoms with E-state index < -0.39 is 20.0 Å². The van der Waals surface area contributed by atoms with E-state index in [1.165, 1.54) is 4.31 Å². The zero-order valence-corrected chi connectivity index (χ0v) is 11.4. The molecule has 1 heterocycles. The van der Waals surface area contributed by atoms with E-state index in [0.29, 0.717) is 13.1 Å². The fourth-order valence-electron chi connectivity index (χ4n) is 1.39. The average Bonchev–Trinajstić information content (AvgIpc) is 2.28. The van der Waals surface area contributed by atoms with E-state index >= 15 is 0 Å². The van der Waals surface area contributed by atoms with Crippen molar-refractivity contribution in [2.45, 2.75) is 30.8 Å². The van der Waals surface area contributed by atoms with Gasteiger partial charge in [-0.3, -0.25) is 4.79 Å². The number of amides is 1. The SMILES string of the molecule is CC(C)(C)S(=O)(=O)N1CCNC(=O)C(S)C1. The average molecular weight is 266 g/mol. The third kappa shape index (κ3) is 2.70. The van der Waals surface area contributed by atoms with Gasteiger partial charge in [-0.15, -0.1) is 0 Å². The third-order valence-corrected chi connectivity index (χ3v) is 5.41. The molecule has 0 aliphatic carbocycles. The standard InChI is InChI=1S/C9H18N2O3S2/c1-9(2,3)16(13,14)11-5-4-10-8(12)7(15)6-11/h7,15H,4-6H2,1-3H3,(H,10,12). The fourth-order valence-corrected chi connectivity index (χ4v) is 3.24. The van der Waals surface area contributed by atoms with Gasteiger partial charge in [0.05, 0.1) is 10.00 Å². The van der Waals surface area contributed by atoms with E-state index in [4.69, 9.17) is 0 Å². The van der Waals surface area contributed by atoms with Gasteiger partial charge in [0.15, 0.2) is 0 Å². The second-order valence-electron chi connectivity index (χ2n) is 4.78. The van der Waals surface area contributed by atoms with E-state index in [1.54, 1.807) is 20.8 Å². The molecule has 0 aromatic rings. The van der Waals surface area contributed by atoms with Crippen molar-refractivity contribution < 1.29 is 13.2 Å². The fraction of sp³-hybridized carbons (Fsp3) is 0.889. The lowest BCUT2D eigenvalue weighted by molar-refractivity contribution is -0.120. The molecule has 1 aliphatic heterocycles. The zero-order valence-electron chi connectivity index (χ0n) is 9.73. The molecule has 5 nitrogen and oxygen atoms in total. The molecule has 16 heavy (non-hydrogen) atoms. The van der Waals surface area contributed by atoms with E-state index in [0.717, 1.165) is 0 Å². The van der Waals surface area contributed by atoms with Crippen LogP contribution in [-0.2, 0) is 14.8 Å². The van der Waals surface area contributed by atoms with Gasteiger partial charge in [-0.05, 0) is 20.8 Å². The van der Waals surface area contributed by atoms with Crippen LogP contribution in [0.4, 0.5) is 0 Å². The largest absolute Gasteiger partial charge is 0.354 e. The van der Waals surface area contributed by atoms with Crippen LogP contribution < -0.4 is 5.32 Å². The Kier molecular flexibility index (Phi) is 3.91. The highest BCUT2D eigenvalue weighted by molar-refractivity contribution is 7.90. The van der Waals surface area contributed by atoms with E-state index in [1.807, 2.05) is 0 Å². The number of sulfonamides is 1. The minimum atomic E-state index is -3.39. The van der Waals surface area contributed by atoms with E-state index in [9.17, 15) is 13.2 Å². The van der Waals surface area contributed by atoms with Crippen molar-refractivity contribution >= 4 is 28.6 Å². The molecule has 0 aromatic carbocycles. The quantitative estimate of drug-likeness (QED) is 0.648. The van der Waals surface area contributed by atoms with Crippen molar-refractivity contribution in [3.8, 4) is 0 Å². The number of hydrogen-bond acceptors (Lipinski definition) is 4. The smallest absolute Gasteiger partial charge is 0.234 e. The van der Waals surface area contributed by atoms with Gasteiger partial charge < -0.3 is 5.32 Å². The van der Waals surface area contributed by atoms with Crippen LogP contribution in [0.3, 0.4) is 0 Å². The topological polar surface area (TPSA) is 66.5 Å². The molecule has 0 bridgehead atoms. The number of hydrogen-bond donors (Lipinski definition) is 2. The summed E-state index contributed by atoms with van der Waals surface area (Å²) in [6, 6.07) is 0. The lowest BCUT2D eigenvalue weighted by Crippen LogP contribution is -2.45. The maximum absolute atomic E-state index is 12.2. The van der Waals surface area contributed by atoms with Crippen molar-refractivity contribution in [2.75, 3.05) is 19.6 Å². The van der Waals surface area contributed by atoms with Gasteiger partial charge in [0, 0.05) is 19.6 Å². The Bertz CT molecular complexity index is 373. The normalized spacial score (nSPS) is 25.0. The molecule has 94 valence electrons. The van der Waals surface area contributed by atoms with Crippen LogP contribution in [0.2, 0.25) is 0 Å². The molecule has 1 atom stereocenters. The van der Waals surface area contributed by atoms with Gasteiger partial charge in [-0.2, -0.15) is 16.9 Å². The summed E-state index contributed by atoms with van der Waals surface area (Å²) in [6.07, 6.45) is 0.